The number of aromatic hydroxyl groups is 1. The highest BCUT2D eigenvalue weighted by Crippen LogP contribution is 2.20. The third-order valence-corrected chi connectivity index (χ3v) is 4.82. The molecule has 0 radical (unpaired) electrons. The molecule has 1 aromatic carbocycles. The molecular formula is C20H21BrN4O5. The number of pyridine rings is 1. The van der Waals surface area contributed by atoms with Gasteiger partial charge in [0, 0.05) is 30.9 Å². The number of nitrogens with one attached hydrogen (secondary N) is 2. The number of hydrogen-bond donors (Lipinski definition) is 3. The minimum atomic E-state index is -0.678. The Morgan fingerprint density at radius 1 is 1.27 bits per heavy atom. The van der Waals surface area contributed by atoms with Gasteiger partial charge in [-0.05, 0) is 39.7 Å². The van der Waals surface area contributed by atoms with Crippen molar-refractivity contribution in [3.05, 3.63) is 59.9 Å². The second-order valence-corrected chi connectivity index (χ2v) is 7.52. The highest BCUT2D eigenvalue weighted by atomic mass is 79.9. The van der Waals surface area contributed by atoms with Crippen molar-refractivity contribution in [2.24, 2.45) is 5.16 Å². The van der Waals surface area contributed by atoms with Crippen LogP contribution < -0.4 is 10.6 Å². The molecule has 158 valence electrons. The Hall–Kier alpha value is -3.14. The summed E-state index contributed by atoms with van der Waals surface area (Å²) < 4.78 is 5.85. The number of benzene rings is 1. The number of hydrogen-bond acceptors (Lipinski definition) is 7. The number of ether oxygens (including phenoxy) is 1. The maximum absolute atomic E-state index is 12.8. The molecule has 1 aliphatic heterocycles. The van der Waals surface area contributed by atoms with E-state index in [9.17, 15) is 14.7 Å². The van der Waals surface area contributed by atoms with E-state index in [4.69, 9.17) is 9.57 Å². The van der Waals surface area contributed by atoms with Gasteiger partial charge in [-0.25, -0.2) is 4.79 Å². The summed E-state index contributed by atoms with van der Waals surface area (Å²) >= 11 is 3.25. The standard InChI is InChI=1S/C20H21BrN4O5/c21-18-8-16(30-25-18)10-23-19(27)17(14-3-5-15(26)6-4-14)11-24-20(28)29-12-13-2-1-7-22-9-13/h1-7,9,16-17,26H,8,10-12H2,(H,23,27)(H,24,28)/t16?,17-/m0/s1. The highest BCUT2D eigenvalue weighted by Gasteiger charge is 2.25. The molecule has 0 aliphatic carbocycles. The van der Waals surface area contributed by atoms with Crippen LogP contribution in [0.5, 0.6) is 5.75 Å². The molecule has 1 aliphatic rings. The van der Waals surface area contributed by atoms with Crippen molar-refractivity contribution < 1.29 is 24.3 Å². The van der Waals surface area contributed by atoms with E-state index < -0.39 is 12.0 Å². The second-order valence-electron chi connectivity index (χ2n) is 6.61. The Kier molecular flexibility index (Phi) is 7.61. The lowest BCUT2D eigenvalue weighted by Crippen LogP contribution is -2.40. The predicted octanol–water partition coefficient (Wildman–Crippen LogP) is 2.41. The van der Waals surface area contributed by atoms with E-state index >= 15 is 0 Å². The van der Waals surface area contributed by atoms with E-state index in [-0.39, 0.29) is 37.5 Å². The molecule has 30 heavy (non-hydrogen) atoms. The zero-order chi connectivity index (χ0) is 21.3. The summed E-state index contributed by atoms with van der Waals surface area (Å²) in [5, 5.41) is 18.7. The fourth-order valence-corrected chi connectivity index (χ4v) is 3.22. The average molecular weight is 477 g/mol. The summed E-state index contributed by atoms with van der Waals surface area (Å²) in [4.78, 5) is 34.0. The first kappa shape index (κ1) is 21.6. The maximum Gasteiger partial charge on any atom is 0.407 e. The zero-order valence-electron chi connectivity index (χ0n) is 16.0. The molecule has 2 aromatic rings. The van der Waals surface area contributed by atoms with Crippen molar-refractivity contribution in [1.82, 2.24) is 15.6 Å². The minimum absolute atomic E-state index is 0.0220. The predicted molar refractivity (Wildman–Crippen MR) is 112 cm³/mol. The van der Waals surface area contributed by atoms with Crippen molar-refractivity contribution in [1.29, 1.82) is 0 Å². The third kappa shape index (κ3) is 6.45. The van der Waals surface area contributed by atoms with E-state index in [1.807, 2.05) is 0 Å². The number of aromatic nitrogens is 1. The van der Waals surface area contributed by atoms with Crippen LogP contribution >= 0.6 is 15.9 Å². The van der Waals surface area contributed by atoms with Crippen molar-refractivity contribution in [2.45, 2.75) is 25.0 Å². The molecule has 1 unspecified atom stereocenters. The Morgan fingerprint density at radius 2 is 2.07 bits per heavy atom. The van der Waals surface area contributed by atoms with Gasteiger partial charge >= 0.3 is 6.09 Å². The molecule has 9 nitrogen and oxygen atoms in total. The fourth-order valence-electron chi connectivity index (χ4n) is 2.78. The number of nitrogens with zero attached hydrogens (tertiary/aromatic N) is 2. The molecular weight excluding hydrogens is 456 g/mol. The van der Waals surface area contributed by atoms with Crippen LogP contribution in [-0.4, -0.2) is 45.9 Å². The molecule has 2 heterocycles. The van der Waals surface area contributed by atoms with E-state index in [1.54, 1.807) is 36.7 Å². The third-order valence-electron chi connectivity index (χ3n) is 4.36. The van der Waals surface area contributed by atoms with Crippen LogP contribution in [0.25, 0.3) is 0 Å². The second kappa shape index (κ2) is 10.6. The van der Waals surface area contributed by atoms with Crippen molar-refractivity contribution in [3.8, 4) is 5.75 Å². The minimum Gasteiger partial charge on any atom is -0.508 e. The number of halogens is 1. The van der Waals surface area contributed by atoms with E-state index in [0.29, 0.717) is 16.6 Å². The Balaban J connectivity index is 1.56. The monoisotopic (exact) mass is 476 g/mol. The van der Waals surface area contributed by atoms with E-state index in [2.05, 4.69) is 36.7 Å². The molecule has 1 aromatic heterocycles. The molecule has 0 fully saturated rings. The molecule has 0 spiro atoms. The summed E-state index contributed by atoms with van der Waals surface area (Å²) in [6.45, 7) is 0.370. The molecule has 0 saturated heterocycles. The molecule has 10 heteroatoms. The Bertz CT molecular complexity index is 892. The summed E-state index contributed by atoms with van der Waals surface area (Å²) in [7, 11) is 0. The van der Waals surface area contributed by atoms with E-state index in [0.717, 1.165) is 5.56 Å². The first-order valence-corrected chi connectivity index (χ1v) is 10.0. The summed E-state index contributed by atoms with van der Waals surface area (Å²) in [5.74, 6) is -0.884. The van der Waals surface area contributed by atoms with Gasteiger partial charge < -0.3 is 25.3 Å². The van der Waals surface area contributed by atoms with Gasteiger partial charge in [-0.3, -0.25) is 9.78 Å². The van der Waals surface area contributed by atoms with Crippen LogP contribution in [-0.2, 0) is 21.0 Å². The lowest BCUT2D eigenvalue weighted by Gasteiger charge is -2.19. The van der Waals surface area contributed by atoms with Gasteiger partial charge in [0.25, 0.3) is 0 Å². The van der Waals surface area contributed by atoms with Crippen molar-refractivity contribution >= 4 is 32.6 Å². The summed E-state index contributed by atoms with van der Waals surface area (Å²) in [6.07, 6.45) is 2.91. The van der Waals surface area contributed by atoms with Gasteiger partial charge in [-0.1, -0.05) is 23.4 Å². The molecule has 2 atom stereocenters. The Labute approximate surface area is 181 Å². The smallest absolute Gasteiger partial charge is 0.407 e. The van der Waals surface area contributed by atoms with Crippen LogP contribution in [0.15, 0.2) is 53.9 Å². The van der Waals surface area contributed by atoms with E-state index in [1.165, 1.54) is 12.1 Å². The Morgan fingerprint density at radius 3 is 2.73 bits per heavy atom. The topological polar surface area (TPSA) is 122 Å². The van der Waals surface area contributed by atoms with Gasteiger partial charge in [0.1, 0.15) is 17.0 Å². The summed E-state index contributed by atoms with van der Waals surface area (Å²) in [6, 6.07) is 9.78. The van der Waals surface area contributed by atoms with Crippen LogP contribution in [0, 0.1) is 0 Å². The van der Waals surface area contributed by atoms with Crippen LogP contribution in [0.3, 0.4) is 0 Å². The van der Waals surface area contributed by atoms with Crippen LogP contribution in [0.4, 0.5) is 4.79 Å². The fraction of sp³-hybridized carbons (Fsp3) is 0.300. The normalized spacial score (nSPS) is 16.2. The molecule has 0 saturated carbocycles. The number of phenolic OH excluding ortho intramolecular Hbond substituents is 1. The maximum atomic E-state index is 12.8. The number of oxime groups is 1. The van der Waals surface area contributed by atoms with Crippen molar-refractivity contribution in [3.63, 3.8) is 0 Å². The van der Waals surface area contributed by atoms with Crippen LogP contribution in [0.1, 0.15) is 23.5 Å². The SMILES string of the molecule is O=C(NC[C@H](C(=O)NCC1CC(Br)=NO1)c1ccc(O)cc1)OCc1cccnc1. The molecule has 0 bridgehead atoms. The lowest BCUT2D eigenvalue weighted by molar-refractivity contribution is -0.123. The number of carbonyl (C=O) groups is 2. The summed E-state index contributed by atoms with van der Waals surface area (Å²) in [5.41, 5.74) is 1.40. The molecule has 3 rings (SSSR count). The lowest BCUT2D eigenvalue weighted by atomic mass is 9.98. The first-order valence-electron chi connectivity index (χ1n) is 9.25. The number of alkyl carbamates (subject to hydrolysis) is 1. The quantitative estimate of drug-likeness (QED) is 0.537. The zero-order valence-corrected chi connectivity index (χ0v) is 17.5. The molecule has 3 N–H and O–H groups in total. The number of phenols is 1. The van der Waals surface area contributed by atoms with Gasteiger partial charge in [0.05, 0.1) is 12.5 Å². The number of carbonyl (C=O) groups excluding carboxylic acids is 2. The van der Waals surface area contributed by atoms with Crippen LogP contribution in [0.2, 0.25) is 0 Å². The number of rotatable bonds is 8. The first-order chi connectivity index (χ1) is 14.5. The largest absolute Gasteiger partial charge is 0.508 e. The highest BCUT2D eigenvalue weighted by molar-refractivity contribution is 9.18. The van der Waals surface area contributed by atoms with Gasteiger partial charge in [0.15, 0.2) is 6.10 Å². The van der Waals surface area contributed by atoms with Gasteiger partial charge in [0.2, 0.25) is 5.91 Å². The van der Waals surface area contributed by atoms with Gasteiger partial charge in [-0.2, -0.15) is 0 Å². The van der Waals surface area contributed by atoms with Gasteiger partial charge in [-0.15, -0.1) is 0 Å². The number of amides is 2. The molecule has 2 amide bonds. The van der Waals surface area contributed by atoms with Crippen molar-refractivity contribution in [2.75, 3.05) is 13.1 Å². The average Bonchev–Trinajstić information content (AvgIpc) is 3.18.